The van der Waals surface area contributed by atoms with Crippen LogP contribution < -0.4 is 0 Å². The second-order valence-corrected chi connectivity index (χ2v) is 6.07. The number of para-hydroxylation sites is 1. The summed E-state index contributed by atoms with van der Waals surface area (Å²) in [7, 11) is 0. The Morgan fingerprint density at radius 2 is 2.11 bits per heavy atom. The summed E-state index contributed by atoms with van der Waals surface area (Å²) in [5.41, 5.74) is 2.24. The van der Waals surface area contributed by atoms with Crippen molar-refractivity contribution in [3.05, 3.63) is 42.1 Å². The first-order chi connectivity index (χ1) is 9.22. The first kappa shape index (κ1) is 12.9. The Bertz CT molecular complexity index is 569. The van der Waals surface area contributed by atoms with Crippen molar-refractivity contribution in [2.75, 3.05) is 13.1 Å². The van der Waals surface area contributed by atoms with E-state index in [-0.39, 0.29) is 0 Å². The molecular weight excluding hydrogens is 256 g/mol. The molecule has 0 amide bonds. The van der Waals surface area contributed by atoms with Crippen molar-refractivity contribution in [2.24, 2.45) is 5.92 Å². The van der Waals surface area contributed by atoms with Gasteiger partial charge in [0.1, 0.15) is 0 Å². The average Bonchev–Trinajstić information content (AvgIpc) is 2.43. The van der Waals surface area contributed by atoms with Crippen LogP contribution in [0.1, 0.15) is 19.0 Å². The Morgan fingerprint density at radius 3 is 2.95 bits per heavy atom. The molecule has 3 rings (SSSR count). The second-order valence-electron chi connectivity index (χ2n) is 5.51. The fourth-order valence-corrected chi connectivity index (χ4v) is 2.95. The minimum absolute atomic E-state index is 0.334. The number of pyridine rings is 1. The summed E-state index contributed by atoms with van der Waals surface area (Å²) in [6.07, 6.45) is 1.08. The zero-order valence-corrected chi connectivity index (χ0v) is 12.0. The van der Waals surface area contributed by atoms with Gasteiger partial charge in [0.2, 0.25) is 0 Å². The smallest absolute Gasteiger partial charge is 0.0705 e. The molecule has 19 heavy (non-hydrogen) atoms. The first-order valence-corrected chi connectivity index (χ1v) is 7.37. The Kier molecular flexibility index (Phi) is 3.72. The molecule has 1 saturated heterocycles. The van der Waals surface area contributed by atoms with Gasteiger partial charge in [0.05, 0.1) is 11.2 Å². The number of hydrogen-bond donors (Lipinski definition) is 0. The fraction of sp³-hybridized carbons (Fsp3) is 0.438. The number of benzene rings is 1. The summed E-state index contributed by atoms with van der Waals surface area (Å²) in [6.45, 7) is 5.31. The molecule has 2 aromatic rings. The van der Waals surface area contributed by atoms with Crippen molar-refractivity contribution in [1.29, 1.82) is 0 Å². The number of likely N-dealkylation sites (tertiary alicyclic amines) is 1. The van der Waals surface area contributed by atoms with Gasteiger partial charge in [-0.2, -0.15) is 0 Å². The number of rotatable bonds is 2. The van der Waals surface area contributed by atoms with E-state index in [4.69, 9.17) is 16.6 Å². The summed E-state index contributed by atoms with van der Waals surface area (Å²) < 4.78 is 0. The molecule has 0 N–H and O–H groups in total. The molecule has 2 heterocycles. The van der Waals surface area contributed by atoms with Gasteiger partial charge in [-0.1, -0.05) is 31.2 Å². The Morgan fingerprint density at radius 1 is 1.26 bits per heavy atom. The van der Waals surface area contributed by atoms with Crippen LogP contribution >= 0.6 is 11.6 Å². The fourth-order valence-electron chi connectivity index (χ4n) is 2.77. The van der Waals surface area contributed by atoms with Crippen molar-refractivity contribution >= 4 is 22.5 Å². The van der Waals surface area contributed by atoms with Gasteiger partial charge in [-0.05, 0) is 31.0 Å². The van der Waals surface area contributed by atoms with E-state index in [9.17, 15) is 0 Å². The van der Waals surface area contributed by atoms with Gasteiger partial charge in [0, 0.05) is 23.9 Å². The SMILES string of the molecule is CC1CN(Cc2ccc3ccccc3n2)CCC1Cl. The predicted octanol–water partition coefficient (Wildman–Crippen LogP) is 3.68. The van der Waals surface area contributed by atoms with Gasteiger partial charge in [0.25, 0.3) is 0 Å². The quantitative estimate of drug-likeness (QED) is 0.777. The van der Waals surface area contributed by atoms with Gasteiger partial charge in [0.15, 0.2) is 0 Å². The molecule has 0 spiro atoms. The molecule has 0 bridgehead atoms. The summed E-state index contributed by atoms with van der Waals surface area (Å²) in [5.74, 6) is 0.566. The van der Waals surface area contributed by atoms with E-state index in [1.54, 1.807) is 0 Å². The monoisotopic (exact) mass is 274 g/mol. The predicted molar refractivity (Wildman–Crippen MR) is 80.4 cm³/mol. The minimum Gasteiger partial charge on any atom is -0.297 e. The highest BCUT2D eigenvalue weighted by atomic mass is 35.5. The summed E-state index contributed by atoms with van der Waals surface area (Å²) in [6, 6.07) is 12.6. The van der Waals surface area contributed by atoms with Gasteiger partial charge in [-0.3, -0.25) is 9.88 Å². The van der Waals surface area contributed by atoms with E-state index in [0.29, 0.717) is 11.3 Å². The van der Waals surface area contributed by atoms with Crippen LogP contribution in [0.2, 0.25) is 0 Å². The van der Waals surface area contributed by atoms with Crippen LogP contribution in [0.3, 0.4) is 0 Å². The highest BCUT2D eigenvalue weighted by Gasteiger charge is 2.24. The largest absolute Gasteiger partial charge is 0.297 e. The first-order valence-electron chi connectivity index (χ1n) is 6.93. The maximum Gasteiger partial charge on any atom is 0.0705 e. The summed E-state index contributed by atoms with van der Waals surface area (Å²) in [5, 5.41) is 1.54. The van der Waals surface area contributed by atoms with Crippen LogP contribution in [-0.2, 0) is 6.54 Å². The molecule has 2 nitrogen and oxygen atoms in total. The third kappa shape index (κ3) is 2.90. The van der Waals surface area contributed by atoms with E-state index in [1.807, 2.05) is 6.07 Å². The van der Waals surface area contributed by atoms with Gasteiger partial charge < -0.3 is 0 Å². The van der Waals surface area contributed by atoms with Crippen LogP contribution in [0, 0.1) is 5.92 Å². The van der Waals surface area contributed by atoms with Gasteiger partial charge >= 0.3 is 0 Å². The average molecular weight is 275 g/mol. The zero-order chi connectivity index (χ0) is 13.2. The molecule has 0 radical (unpaired) electrons. The summed E-state index contributed by atoms with van der Waals surface area (Å²) in [4.78, 5) is 7.20. The lowest BCUT2D eigenvalue weighted by molar-refractivity contribution is 0.178. The number of piperidine rings is 1. The van der Waals surface area contributed by atoms with Crippen molar-refractivity contribution < 1.29 is 0 Å². The minimum atomic E-state index is 0.334. The van der Waals surface area contributed by atoms with Crippen LogP contribution in [-0.4, -0.2) is 28.4 Å². The number of fused-ring (bicyclic) bond motifs is 1. The van der Waals surface area contributed by atoms with E-state index < -0.39 is 0 Å². The van der Waals surface area contributed by atoms with E-state index in [0.717, 1.165) is 37.3 Å². The Labute approximate surface area is 119 Å². The standard InChI is InChI=1S/C16H19ClN2/c1-12-10-19(9-8-15(12)17)11-14-7-6-13-4-2-3-5-16(13)18-14/h2-7,12,15H,8-11H2,1H3. The maximum atomic E-state index is 6.27. The Balaban J connectivity index is 1.74. The van der Waals surface area contributed by atoms with E-state index >= 15 is 0 Å². The van der Waals surface area contributed by atoms with Crippen molar-refractivity contribution in [3.8, 4) is 0 Å². The lowest BCUT2D eigenvalue weighted by Gasteiger charge is -2.33. The lowest BCUT2D eigenvalue weighted by atomic mass is 9.99. The molecule has 0 saturated carbocycles. The molecule has 1 aromatic heterocycles. The van der Waals surface area contributed by atoms with Crippen molar-refractivity contribution in [2.45, 2.75) is 25.3 Å². The van der Waals surface area contributed by atoms with Crippen LogP contribution in [0.4, 0.5) is 0 Å². The van der Waals surface area contributed by atoms with Crippen molar-refractivity contribution in [3.63, 3.8) is 0 Å². The molecule has 1 aliphatic heterocycles. The number of nitrogens with zero attached hydrogens (tertiary/aromatic N) is 2. The molecule has 1 fully saturated rings. The second kappa shape index (κ2) is 5.48. The molecule has 2 unspecified atom stereocenters. The van der Waals surface area contributed by atoms with E-state index in [2.05, 4.69) is 42.2 Å². The third-order valence-electron chi connectivity index (χ3n) is 3.93. The highest BCUT2D eigenvalue weighted by Crippen LogP contribution is 2.23. The molecule has 1 aromatic carbocycles. The molecule has 0 aliphatic carbocycles. The number of aromatic nitrogens is 1. The third-order valence-corrected chi connectivity index (χ3v) is 4.57. The van der Waals surface area contributed by atoms with Crippen LogP contribution in [0.5, 0.6) is 0 Å². The molecule has 1 aliphatic rings. The normalized spacial score (nSPS) is 24.7. The number of halogens is 1. The topological polar surface area (TPSA) is 16.1 Å². The molecule has 100 valence electrons. The molecule has 3 heteroatoms. The van der Waals surface area contributed by atoms with E-state index in [1.165, 1.54) is 5.39 Å². The number of hydrogen-bond acceptors (Lipinski definition) is 2. The van der Waals surface area contributed by atoms with Crippen LogP contribution in [0.25, 0.3) is 10.9 Å². The molecular formula is C16H19ClN2. The Hall–Kier alpha value is -1.12. The highest BCUT2D eigenvalue weighted by molar-refractivity contribution is 6.20. The van der Waals surface area contributed by atoms with Crippen molar-refractivity contribution in [1.82, 2.24) is 9.88 Å². The van der Waals surface area contributed by atoms with Gasteiger partial charge in [-0.15, -0.1) is 11.6 Å². The maximum absolute atomic E-state index is 6.27. The summed E-state index contributed by atoms with van der Waals surface area (Å²) >= 11 is 6.27. The molecule has 2 atom stereocenters. The zero-order valence-electron chi connectivity index (χ0n) is 11.2. The lowest BCUT2D eigenvalue weighted by Crippen LogP contribution is -2.39. The van der Waals surface area contributed by atoms with Crippen LogP contribution in [0.15, 0.2) is 36.4 Å². The van der Waals surface area contributed by atoms with Gasteiger partial charge in [-0.25, -0.2) is 0 Å². The number of alkyl halides is 1.